The molecule has 0 spiro atoms. The maximum absolute atomic E-state index is 13.6. The van der Waals surface area contributed by atoms with Crippen LogP contribution >= 0.6 is 0 Å². The summed E-state index contributed by atoms with van der Waals surface area (Å²) in [6.45, 7) is 7.07. The standard InChI is InChI=1S/C17H21FN2O/c1-12(2)19-10-14-8-13(3)20-17(9-14)21-11-15-6-4-5-7-16(15)18/h4-9,12,19H,10-11H2,1-3H3. The van der Waals surface area contributed by atoms with Crippen molar-refractivity contribution in [3.05, 3.63) is 59.0 Å². The molecule has 0 fully saturated rings. The van der Waals surface area contributed by atoms with Crippen LogP contribution in [0.5, 0.6) is 5.88 Å². The maximum Gasteiger partial charge on any atom is 0.214 e. The molecule has 0 bridgehead atoms. The van der Waals surface area contributed by atoms with Crippen LogP contribution in [0.1, 0.15) is 30.7 Å². The Morgan fingerprint density at radius 1 is 1.24 bits per heavy atom. The highest BCUT2D eigenvalue weighted by molar-refractivity contribution is 5.25. The second kappa shape index (κ2) is 7.18. The maximum atomic E-state index is 13.6. The number of hydrogen-bond acceptors (Lipinski definition) is 3. The van der Waals surface area contributed by atoms with Crippen LogP contribution in [0.15, 0.2) is 36.4 Å². The van der Waals surface area contributed by atoms with E-state index in [1.807, 2.05) is 19.1 Å². The fraction of sp³-hybridized carbons (Fsp3) is 0.353. The van der Waals surface area contributed by atoms with Crippen molar-refractivity contribution in [2.24, 2.45) is 0 Å². The topological polar surface area (TPSA) is 34.1 Å². The largest absolute Gasteiger partial charge is 0.473 e. The average molecular weight is 288 g/mol. The van der Waals surface area contributed by atoms with E-state index >= 15 is 0 Å². The number of nitrogens with zero attached hydrogens (tertiary/aromatic N) is 1. The monoisotopic (exact) mass is 288 g/mol. The summed E-state index contributed by atoms with van der Waals surface area (Å²) >= 11 is 0. The van der Waals surface area contributed by atoms with Crippen molar-refractivity contribution in [2.45, 2.75) is 40.0 Å². The van der Waals surface area contributed by atoms with Gasteiger partial charge in [-0.2, -0.15) is 0 Å². The van der Waals surface area contributed by atoms with Crippen LogP contribution in [0.2, 0.25) is 0 Å². The van der Waals surface area contributed by atoms with Gasteiger partial charge in [-0.15, -0.1) is 0 Å². The van der Waals surface area contributed by atoms with Gasteiger partial charge >= 0.3 is 0 Å². The Kier molecular flexibility index (Phi) is 5.28. The number of benzene rings is 1. The molecule has 0 aliphatic heterocycles. The Labute approximate surface area is 125 Å². The second-order valence-electron chi connectivity index (χ2n) is 5.37. The molecule has 1 N–H and O–H groups in total. The second-order valence-corrected chi connectivity index (χ2v) is 5.37. The average Bonchev–Trinajstić information content (AvgIpc) is 2.44. The Morgan fingerprint density at radius 3 is 2.71 bits per heavy atom. The Balaban J connectivity index is 2.04. The first-order valence-electron chi connectivity index (χ1n) is 7.12. The van der Waals surface area contributed by atoms with Crippen LogP contribution in [0.3, 0.4) is 0 Å². The van der Waals surface area contributed by atoms with E-state index in [-0.39, 0.29) is 12.4 Å². The van der Waals surface area contributed by atoms with Gasteiger partial charge in [-0.05, 0) is 24.6 Å². The molecule has 1 aromatic carbocycles. The van der Waals surface area contributed by atoms with Gasteiger partial charge in [0, 0.05) is 29.9 Å². The normalized spacial score (nSPS) is 10.9. The van der Waals surface area contributed by atoms with Gasteiger partial charge < -0.3 is 10.1 Å². The van der Waals surface area contributed by atoms with Crippen molar-refractivity contribution in [3.8, 4) is 5.88 Å². The van der Waals surface area contributed by atoms with E-state index in [1.165, 1.54) is 6.07 Å². The van der Waals surface area contributed by atoms with Crippen LogP contribution in [-0.4, -0.2) is 11.0 Å². The molecule has 1 aromatic heterocycles. The third-order valence-corrected chi connectivity index (χ3v) is 3.04. The van der Waals surface area contributed by atoms with Crippen LogP contribution in [0, 0.1) is 12.7 Å². The fourth-order valence-corrected chi connectivity index (χ4v) is 1.97. The van der Waals surface area contributed by atoms with Gasteiger partial charge in [0.15, 0.2) is 0 Å². The van der Waals surface area contributed by atoms with Gasteiger partial charge in [0.1, 0.15) is 12.4 Å². The molecule has 0 unspecified atom stereocenters. The number of aromatic nitrogens is 1. The molecule has 112 valence electrons. The summed E-state index contributed by atoms with van der Waals surface area (Å²) in [5, 5.41) is 3.36. The number of ether oxygens (including phenoxy) is 1. The molecular formula is C17H21FN2O. The van der Waals surface area contributed by atoms with Crippen LogP contribution in [0.4, 0.5) is 4.39 Å². The molecule has 0 atom stereocenters. The van der Waals surface area contributed by atoms with E-state index in [0.29, 0.717) is 17.5 Å². The minimum Gasteiger partial charge on any atom is -0.473 e. The van der Waals surface area contributed by atoms with E-state index < -0.39 is 0 Å². The minimum atomic E-state index is -0.258. The lowest BCUT2D eigenvalue weighted by molar-refractivity contribution is 0.287. The number of hydrogen-bond donors (Lipinski definition) is 1. The molecule has 3 nitrogen and oxygen atoms in total. The van der Waals surface area contributed by atoms with Gasteiger partial charge in [-0.1, -0.05) is 32.0 Å². The van der Waals surface area contributed by atoms with Gasteiger partial charge in [0.2, 0.25) is 5.88 Å². The van der Waals surface area contributed by atoms with Crippen LogP contribution in [0.25, 0.3) is 0 Å². The lowest BCUT2D eigenvalue weighted by Gasteiger charge is -2.11. The van der Waals surface area contributed by atoms with Crippen LogP contribution in [-0.2, 0) is 13.2 Å². The Bertz CT molecular complexity index is 599. The third-order valence-electron chi connectivity index (χ3n) is 3.04. The van der Waals surface area contributed by atoms with E-state index in [1.54, 1.807) is 18.2 Å². The number of halogens is 1. The van der Waals surface area contributed by atoms with Gasteiger partial charge in [-0.3, -0.25) is 0 Å². The molecule has 0 aliphatic carbocycles. The molecule has 0 saturated heterocycles. The lowest BCUT2D eigenvalue weighted by atomic mass is 10.2. The van der Waals surface area contributed by atoms with E-state index in [9.17, 15) is 4.39 Å². The highest BCUT2D eigenvalue weighted by atomic mass is 19.1. The summed E-state index contributed by atoms with van der Waals surface area (Å²) in [6, 6.07) is 10.9. The molecule has 0 amide bonds. The van der Waals surface area contributed by atoms with E-state index in [0.717, 1.165) is 17.8 Å². The number of pyridine rings is 1. The van der Waals surface area contributed by atoms with Crippen molar-refractivity contribution < 1.29 is 9.13 Å². The van der Waals surface area contributed by atoms with Crippen molar-refractivity contribution in [3.63, 3.8) is 0 Å². The van der Waals surface area contributed by atoms with E-state index in [2.05, 4.69) is 24.1 Å². The number of aryl methyl sites for hydroxylation is 1. The highest BCUT2D eigenvalue weighted by Gasteiger charge is 2.05. The van der Waals surface area contributed by atoms with Gasteiger partial charge in [0.25, 0.3) is 0 Å². The molecule has 2 aromatic rings. The molecule has 21 heavy (non-hydrogen) atoms. The van der Waals surface area contributed by atoms with Gasteiger partial charge in [-0.25, -0.2) is 9.37 Å². The zero-order valence-electron chi connectivity index (χ0n) is 12.7. The Hall–Kier alpha value is -1.94. The van der Waals surface area contributed by atoms with Crippen molar-refractivity contribution in [1.29, 1.82) is 0 Å². The molecule has 0 radical (unpaired) electrons. The third kappa shape index (κ3) is 4.83. The lowest BCUT2D eigenvalue weighted by Crippen LogP contribution is -2.21. The van der Waals surface area contributed by atoms with Crippen LogP contribution < -0.4 is 10.1 Å². The highest BCUT2D eigenvalue weighted by Crippen LogP contribution is 2.15. The zero-order valence-corrected chi connectivity index (χ0v) is 12.7. The smallest absolute Gasteiger partial charge is 0.214 e. The minimum absolute atomic E-state index is 0.181. The first-order valence-corrected chi connectivity index (χ1v) is 7.12. The summed E-state index contributed by atoms with van der Waals surface area (Å²) in [5.74, 6) is 0.269. The first kappa shape index (κ1) is 15.4. The van der Waals surface area contributed by atoms with Crippen molar-refractivity contribution >= 4 is 0 Å². The zero-order chi connectivity index (χ0) is 15.2. The quantitative estimate of drug-likeness (QED) is 0.881. The Morgan fingerprint density at radius 2 is 2.00 bits per heavy atom. The summed E-state index contributed by atoms with van der Waals surface area (Å²) in [6.07, 6.45) is 0. The predicted octanol–water partition coefficient (Wildman–Crippen LogP) is 3.61. The van der Waals surface area contributed by atoms with Crippen molar-refractivity contribution in [1.82, 2.24) is 10.3 Å². The van der Waals surface area contributed by atoms with E-state index in [4.69, 9.17) is 4.74 Å². The summed E-state index contributed by atoms with van der Waals surface area (Å²) in [4.78, 5) is 4.33. The number of rotatable bonds is 6. The summed E-state index contributed by atoms with van der Waals surface area (Å²) in [5.41, 5.74) is 2.53. The fourth-order valence-electron chi connectivity index (χ4n) is 1.97. The first-order chi connectivity index (χ1) is 10.0. The molecule has 1 heterocycles. The number of nitrogens with one attached hydrogen (secondary N) is 1. The molecule has 0 saturated carbocycles. The molecule has 0 aliphatic rings. The summed E-state index contributed by atoms with van der Waals surface area (Å²) < 4.78 is 19.2. The van der Waals surface area contributed by atoms with Crippen molar-refractivity contribution in [2.75, 3.05) is 0 Å². The molecule has 2 rings (SSSR count). The predicted molar refractivity (Wildman–Crippen MR) is 81.7 cm³/mol. The molecule has 4 heteroatoms. The summed E-state index contributed by atoms with van der Waals surface area (Å²) in [7, 11) is 0. The SMILES string of the molecule is Cc1cc(CNC(C)C)cc(OCc2ccccc2F)n1. The molecular weight excluding hydrogens is 267 g/mol. The van der Waals surface area contributed by atoms with Gasteiger partial charge in [0.05, 0.1) is 0 Å².